The second-order valence-corrected chi connectivity index (χ2v) is 3.04. The Morgan fingerprint density at radius 1 is 1.50 bits per heavy atom. The van der Waals surface area contributed by atoms with Crippen molar-refractivity contribution < 1.29 is 14.4 Å². The van der Waals surface area contributed by atoms with Crippen LogP contribution in [0.15, 0.2) is 0 Å². The van der Waals surface area contributed by atoms with Gasteiger partial charge in [-0.2, -0.15) is 0 Å². The number of nitrogens with two attached hydrogens (primary N) is 2. The fourth-order valence-corrected chi connectivity index (χ4v) is 0.794. The monoisotopic (exact) mass is 201 g/mol. The third-order valence-electron chi connectivity index (χ3n) is 1.61. The molecule has 0 aromatic carbocycles. The van der Waals surface area contributed by atoms with Gasteiger partial charge in [-0.25, -0.2) is 0 Å². The Morgan fingerprint density at radius 2 is 2.07 bits per heavy atom. The van der Waals surface area contributed by atoms with Crippen LogP contribution >= 0.6 is 0 Å². The van der Waals surface area contributed by atoms with Gasteiger partial charge < -0.3 is 21.6 Å². The minimum Gasteiger partial charge on any atom is -0.370 e. The quantitative estimate of drug-likeness (QED) is 0.443. The number of hydrogen-bond donors (Lipinski definition) is 3. The minimum absolute atomic E-state index is 0.0596. The van der Waals surface area contributed by atoms with Crippen LogP contribution in [-0.2, 0) is 14.4 Å². The molecule has 0 radical (unpaired) electrons. The standard InChI is InChI=1S/C8H15N3O3/c1-5(4-12)11-8(14)6(9)2-3-7(10)13/h4-6H,2-3,9H2,1H3,(H2,10,13)(H,11,14)/t5-,6?/m0/s1. The van der Waals surface area contributed by atoms with Gasteiger partial charge in [-0.1, -0.05) is 0 Å². The largest absolute Gasteiger partial charge is 0.370 e. The highest BCUT2D eigenvalue weighted by Crippen LogP contribution is 1.94. The van der Waals surface area contributed by atoms with Crippen molar-refractivity contribution in [2.45, 2.75) is 31.8 Å². The molecule has 0 saturated carbocycles. The molecular weight excluding hydrogens is 186 g/mol. The number of primary amides is 1. The average Bonchev–Trinajstić information content (AvgIpc) is 2.13. The summed E-state index contributed by atoms with van der Waals surface area (Å²) in [5.41, 5.74) is 10.3. The van der Waals surface area contributed by atoms with Crippen LogP contribution in [0.1, 0.15) is 19.8 Å². The van der Waals surface area contributed by atoms with Crippen LogP contribution in [0.5, 0.6) is 0 Å². The van der Waals surface area contributed by atoms with E-state index in [9.17, 15) is 14.4 Å². The lowest BCUT2D eigenvalue weighted by molar-refractivity contribution is -0.125. The molecule has 0 aliphatic heterocycles. The van der Waals surface area contributed by atoms with Crippen molar-refractivity contribution >= 4 is 18.1 Å². The molecule has 0 rings (SSSR count). The van der Waals surface area contributed by atoms with Crippen molar-refractivity contribution in [1.29, 1.82) is 0 Å². The molecule has 0 bridgehead atoms. The molecule has 2 atom stereocenters. The Balaban J connectivity index is 3.87. The highest BCUT2D eigenvalue weighted by molar-refractivity contribution is 5.84. The van der Waals surface area contributed by atoms with Gasteiger partial charge >= 0.3 is 0 Å². The van der Waals surface area contributed by atoms with Crippen molar-refractivity contribution in [3.63, 3.8) is 0 Å². The number of aldehydes is 1. The molecule has 6 nitrogen and oxygen atoms in total. The molecule has 6 heteroatoms. The lowest BCUT2D eigenvalue weighted by Gasteiger charge is -2.12. The Morgan fingerprint density at radius 3 is 2.50 bits per heavy atom. The molecule has 5 N–H and O–H groups in total. The second kappa shape index (κ2) is 6.09. The fraction of sp³-hybridized carbons (Fsp3) is 0.625. The highest BCUT2D eigenvalue weighted by atomic mass is 16.2. The first-order valence-corrected chi connectivity index (χ1v) is 4.27. The number of amides is 2. The van der Waals surface area contributed by atoms with Crippen molar-refractivity contribution in [1.82, 2.24) is 5.32 Å². The maximum absolute atomic E-state index is 11.2. The van der Waals surface area contributed by atoms with Gasteiger partial charge in [0.15, 0.2) is 0 Å². The molecule has 14 heavy (non-hydrogen) atoms. The van der Waals surface area contributed by atoms with E-state index in [0.29, 0.717) is 6.29 Å². The second-order valence-electron chi connectivity index (χ2n) is 3.04. The molecule has 0 fully saturated rings. The van der Waals surface area contributed by atoms with E-state index in [4.69, 9.17) is 11.5 Å². The molecular formula is C8H15N3O3. The summed E-state index contributed by atoms with van der Waals surface area (Å²) in [6, 6.07) is -1.37. The first kappa shape index (κ1) is 12.6. The molecule has 1 unspecified atom stereocenters. The van der Waals surface area contributed by atoms with Crippen molar-refractivity contribution in [2.75, 3.05) is 0 Å². The maximum Gasteiger partial charge on any atom is 0.237 e. The zero-order valence-electron chi connectivity index (χ0n) is 8.03. The summed E-state index contributed by atoms with van der Waals surface area (Å²) < 4.78 is 0. The summed E-state index contributed by atoms with van der Waals surface area (Å²) in [5.74, 6) is -0.956. The molecule has 0 aliphatic carbocycles. The van der Waals surface area contributed by atoms with Crippen LogP contribution in [-0.4, -0.2) is 30.2 Å². The smallest absolute Gasteiger partial charge is 0.237 e. The topological polar surface area (TPSA) is 115 Å². The Kier molecular flexibility index (Phi) is 5.47. The summed E-state index contributed by atoms with van der Waals surface area (Å²) in [7, 11) is 0. The van der Waals surface area contributed by atoms with Crippen LogP contribution in [0.4, 0.5) is 0 Å². The highest BCUT2D eigenvalue weighted by Gasteiger charge is 2.15. The molecule has 0 heterocycles. The normalized spacial score (nSPS) is 14.1. The summed E-state index contributed by atoms with van der Waals surface area (Å²) >= 11 is 0. The molecule has 2 amide bonds. The van der Waals surface area contributed by atoms with Crippen LogP contribution in [0.3, 0.4) is 0 Å². The third-order valence-corrected chi connectivity index (χ3v) is 1.61. The lowest BCUT2D eigenvalue weighted by Crippen LogP contribution is -2.45. The summed E-state index contributed by atoms with van der Waals surface area (Å²) in [4.78, 5) is 31.8. The molecule has 0 aliphatic rings. The molecule has 0 aromatic heterocycles. The summed E-state index contributed by atoms with van der Waals surface area (Å²) in [6.45, 7) is 1.53. The Hall–Kier alpha value is -1.43. The maximum atomic E-state index is 11.2. The van der Waals surface area contributed by atoms with Gasteiger partial charge in [-0.15, -0.1) is 0 Å². The van der Waals surface area contributed by atoms with Gasteiger partial charge in [0.25, 0.3) is 0 Å². The average molecular weight is 201 g/mol. The molecule has 0 spiro atoms. The van der Waals surface area contributed by atoms with E-state index in [2.05, 4.69) is 5.32 Å². The number of carbonyl (C=O) groups excluding carboxylic acids is 3. The van der Waals surface area contributed by atoms with E-state index in [1.807, 2.05) is 0 Å². The van der Waals surface area contributed by atoms with E-state index >= 15 is 0 Å². The van der Waals surface area contributed by atoms with Crippen molar-refractivity contribution in [3.8, 4) is 0 Å². The lowest BCUT2D eigenvalue weighted by atomic mass is 10.1. The predicted octanol–water partition coefficient (Wildman–Crippen LogP) is -1.72. The van der Waals surface area contributed by atoms with Crippen molar-refractivity contribution in [2.24, 2.45) is 11.5 Å². The van der Waals surface area contributed by atoms with Gasteiger partial charge in [-0.05, 0) is 13.3 Å². The van der Waals surface area contributed by atoms with Crippen LogP contribution in [0, 0.1) is 0 Å². The first-order chi connectivity index (χ1) is 6.47. The minimum atomic E-state index is -0.801. The molecule has 0 aromatic rings. The van der Waals surface area contributed by atoms with Gasteiger partial charge in [0.1, 0.15) is 6.29 Å². The molecule has 80 valence electrons. The van der Waals surface area contributed by atoms with E-state index in [1.54, 1.807) is 0 Å². The SMILES string of the molecule is C[C@@H](C=O)NC(=O)C(N)CCC(N)=O. The van der Waals surface area contributed by atoms with Crippen LogP contribution in [0.25, 0.3) is 0 Å². The predicted molar refractivity (Wildman–Crippen MR) is 50.1 cm³/mol. The third kappa shape index (κ3) is 5.26. The summed E-state index contributed by atoms with van der Waals surface area (Å²) in [6.07, 6.45) is 0.843. The van der Waals surface area contributed by atoms with E-state index in [-0.39, 0.29) is 12.8 Å². The van der Waals surface area contributed by atoms with E-state index in [1.165, 1.54) is 6.92 Å². The number of hydrogen-bond acceptors (Lipinski definition) is 4. The molecule has 0 saturated heterocycles. The zero-order chi connectivity index (χ0) is 11.1. The van der Waals surface area contributed by atoms with Gasteiger partial charge in [0.05, 0.1) is 12.1 Å². The van der Waals surface area contributed by atoms with Crippen molar-refractivity contribution in [3.05, 3.63) is 0 Å². The number of rotatable bonds is 6. The van der Waals surface area contributed by atoms with Gasteiger partial charge in [0, 0.05) is 6.42 Å². The van der Waals surface area contributed by atoms with E-state index in [0.717, 1.165) is 0 Å². The van der Waals surface area contributed by atoms with Crippen LogP contribution in [0.2, 0.25) is 0 Å². The van der Waals surface area contributed by atoms with Crippen LogP contribution < -0.4 is 16.8 Å². The number of carbonyl (C=O) groups is 3. The Bertz CT molecular complexity index is 230. The van der Waals surface area contributed by atoms with Gasteiger partial charge in [-0.3, -0.25) is 9.59 Å². The zero-order valence-corrected chi connectivity index (χ0v) is 8.03. The fourth-order valence-electron chi connectivity index (χ4n) is 0.794. The van der Waals surface area contributed by atoms with E-state index < -0.39 is 23.9 Å². The van der Waals surface area contributed by atoms with Gasteiger partial charge in [0.2, 0.25) is 11.8 Å². The Labute approximate surface area is 82.0 Å². The number of nitrogens with one attached hydrogen (secondary N) is 1. The first-order valence-electron chi connectivity index (χ1n) is 4.27. The summed E-state index contributed by atoms with van der Waals surface area (Å²) in [5, 5.41) is 2.37.